The Kier molecular flexibility index (Phi) is 12.1. The second kappa shape index (κ2) is 13.8. The molecular formula is C19H37N3. The van der Waals surface area contributed by atoms with Gasteiger partial charge in [-0.25, -0.2) is 0 Å². The highest BCUT2D eigenvalue weighted by atomic mass is 15.2. The molecule has 0 aromatic heterocycles. The Morgan fingerprint density at radius 2 is 1.64 bits per heavy atom. The average molecular weight is 308 g/mol. The summed E-state index contributed by atoms with van der Waals surface area (Å²) in [4.78, 5) is 6.98. The van der Waals surface area contributed by atoms with Crippen molar-refractivity contribution >= 4 is 5.84 Å². The van der Waals surface area contributed by atoms with Gasteiger partial charge in [0.05, 0.1) is 12.4 Å². The standard InChI is InChI=1S/C19H37N3/c1-2-3-4-5-6-7-8-9-10-11-12-13-14-19-21-16-18-22(19)17-15-20/h2-3H,4-18,20H2,1H3/b3-2+. The minimum absolute atomic E-state index is 0.744. The molecule has 0 spiro atoms. The van der Waals surface area contributed by atoms with Gasteiger partial charge in [-0.15, -0.1) is 0 Å². The molecule has 3 nitrogen and oxygen atoms in total. The highest BCUT2D eigenvalue weighted by molar-refractivity contribution is 5.83. The maximum absolute atomic E-state index is 5.64. The molecule has 0 saturated carbocycles. The lowest BCUT2D eigenvalue weighted by Gasteiger charge is -2.19. The monoisotopic (exact) mass is 307 g/mol. The second-order valence-corrected chi connectivity index (χ2v) is 6.36. The molecule has 0 saturated heterocycles. The van der Waals surface area contributed by atoms with Gasteiger partial charge in [-0.3, -0.25) is 4.99 Å². The lowest BCUT2D eigenvalue weighted by atomic mass is 10.1. The first-order valence-corrected chi connectivity index (χ1v) is 9.48. The molecule has 22 heavy (non-hydrogen) atoms. The summed E-state index contributed by atoms with van der Waals surface area (Å²) in [6, 6.07) is 0. The van der Waals surface area contributed by atoms with E-state index in [1.807, 2.05) is 0 Å². The molecule has 1 aliphatic rings. The molecule has 0 radical (unpaired) electrons. The first-order valence-electron chi connectivity index (χ1n) is 9.48. The number of unbranched alkanes of at least 4 members (excludes halogenated alkanes) is 9. The third kappa shape index (κ3) is 9.24. The van der Waals surface area contributed by atoms with E-state index in [1.165, 1.54) is 70.0 Å². The van der Waals surface area contributed by atoms with Crippen LogP contribution >= 0.6 is 0 Å². The van der Waals surface area contributed by atoms with E-state index in [-0.39, 0.29) is 0 Å². The lowest BCUT2D eigenvalue weighted by molar-refractivity contribution is 0.456. The van der Waals surface area contributed by atoms with E-state index in [9.17, 15) is 0 Å². The maximum atomic E-state index is 5.64. The number of rotatable bonds is 14. The van der Waals surface area contributed by atoms with Gasteiger partial charge in [0, 0.05) is 26.1 Å². The summed E-state index contributed by atoms with van der Waals surface area (Å²) in [6.45, 7) is 5.89. The summed E-state index contributed by atoms with van der Waals surface area (Å²) in [5.74, 6) is 1.31. The van der Waals surface area contributed by atoms with Crippen molar-refractivity contribution in [2.24, 2.45) is 10.7 Å². The summed E-state index contributed by atoms with van der Waals surface area (Å²) in [5, 5.41) is 0. The smallest absolute Gasteiger partial charge is 0.0990 e. The number of nitrogens with zero attached hydrogens (tertiary/aromatic N) is 2. The molecule has 2 N–H and O–H groups in total. The molecule has 0 aliphatic carbocycles. The van der Waals surface area contributed by atoms with E-state index in [0.717, 1.165) is 32.6 Å². The highest BCUT2D eigenvalue weighted by Gasteiger charge is 2.14. The molecule has 0 fully saturated rings. The fourth-order valence-electron chi connectivity index (χ4n) is 3.11. The zero-order chi connectivity index (χ0) is 15.9. The zero-order valence-corrected chi connectivity index (χ0v) is 14.7. The van der Waals surface area contributed by atoms with Gasteiger partial charge in [0.25, 0.3) is 0 Å². The Morgan fingerprint density at radius 1 is 1.00 bits per heavy atom. The Bertz CT molecular complexity index is 310. The Morgan fingerprint density at radius 3 is 2.27 bits per heavy atom. The average Bonchev–Trinajstić information content (AvgIpc) is 2.96. The number of amidine groups is 1. The van der Waals surface area contributed by atoms with Gasteiger partial charge in [-0.05, 0) is 26.2 Å². The van der Waals surface area contributed by atoms with Crippen LogP contribution in [0.15, 0.2) is 17.1 Å². The predicted octanol–water partition coefficient (Wildman–Crippen LogP) is 4.53. The van der Waals surface area contributed by atoms with Crippen LogP contribution in [0.2, 0.25) is 0 Å². The van der Waals surface area contributed by atoms with Gasteiger partial charge in [0.2, 0.25) is 0 Å². The summed E-state index contributed by atoms with van der Waals surface area (Å²) in [6.07, 6.45) is 19.4. The van der Waals surface area contributed by atoms with Crippen LogP contribution in [-0.4, -0.2) is 36.9 Å². The van der Waals surface area contributed by atoms with Crippen molar-refractivity contribution in [3.63, 3.8) is 0 Å². The Balaban J connectivity index is 1.84. The number of aliphatic imine (C=N–C) groups is 1. The van der Waals surface area contributed by atoms with E-state index in [4.69, 9.17) is 5.73 Å². The molecule has 128 valence electrons. The molecule has 0 unspecified atom stereocenters. The van der Waals surface area contributed by atoms with Crippen molar-refractivity contribution in [2.45, 2.75) is 77.6 Å². The molecule has 1 heterocycles. The zero-order valence-electron chi connectivity index (χ0n) is 14.7. The highest BCUT2D eigenvalue weighted by Crippen LogP contribution is 2.13. The third-order valence-corrected chi connectivity index (χ3v) is 4.44. The summed E-state index contributed by atoms with van der Waals surface area (Å²) in [7, 11) is 0. The number of hydrogen-bond acceptors (Lipinski definition) is 3. The fraction of sp³-hybridized carbons (Fsp3) is 0.842. The van der Waals surface area contributed by atoms with Crippen LogP contribution in [0.4, 0.5) is 0 Å². The van der Waals surface area contributed by atoms with Gasteiger partial charge in [-0.1, -0.05) is 57.1 Å². The summed E-state index contributed by atoms with van der Waals surface area (Å²) < 4.78 is 0. The van der Waals surface area contributed by atoms with Crippen LogP contribution in [0.1, 0.15) is 77.6 Å². The number of allylic oxidation sites excluding steroid dienone is 2. The maximum Gasteiger partial charge on any atom is 0.0990 e. The molecule has 0 bridgehead atoms. The van der Waals surface area contributed by atoms with Gasteiger partial charge < -0.3 is 10.6 Å². The SMILES string of the molecule is C/C=C/CCCCCCCCCCCC1=NCCN1CCN. The normalized spacial score (nSPS) is 15.0. The van der Waals surface area contributed by atoms with Crippen molar-refractivity contribution in [3.8, 4) is 0 Å². The number of nitrogens with two attached hydrogens (primary N) is 1. The van der Waals surface area contributed by atoms with Crippen molar-refractivity contribution in [1.29, 1.82) is 0 Å². The predicted molar refractivity (Wildman–Crippen MR) is 98.5 cm³/mol. The minimum Gasteiger partial charge on any atom is -0.357 e. The first kappa shape index (κ1) is 19.2. The van der Waals surface area contributed by atoms with Crippen LogP contribution in [-0.2, 0) is 0 Å². The molecule has 0 amide bonds. The molecular weight excluding hydrogens is 270 g/mol. The lowest BCUT2D eigenvalue weighted by Crippen LogP contribution is -2.32. The van der Waals surface area contributed by atoms with Gasteiger partial charge in [0.15, 0.2) is 0 Å². The largest absolute Gasteiger partial charge is 0.357 e. The number of hydrogen-bond donors (Lipinski definition) is 1. The van der Waals surface area contributed by atoms with Crippen molar-refractivity contribution < 1.29 is 0 Å². The van der Waals surface area contributed by atoms with Crippen LogP contribution in [0.3, 0.4) is 0 Å². The molecule has 3 heteroatoms. The van der Waals surface area contributed by atoms with E-state index >= 15 is 0 Å². The topological polar surface area (TPSA) is 41.6 Å². The van der Waals surface area contributed by atoms with E-state index in [2.05, 4.69) is 29.0 Å². The minimum atomic E-state index is 0.744. The molecule has 0 atom stereocenters. The van der Waals surface area contributed by atoms with E-state index in [0.29, 0.717) is 0 Å². The van der Waals surface area contributed by atoms with E-state index in [1.54, 1.807) is 0 Å². The molecule has 1 aliphatic heterocycles. The molecule has 1 rings (SSSR count). The van der Waals surface area contributed by atoms with Crippen molar-refractivity contribution in [2.75, 3.05) is 26.2 Å². The quantitative estimate of drug-likeness (QED) is 0.378. The van der Waals surface area contributed by atoms with Crippen LogP contribution < -0.4 is 5.73 Å². The van der Waals surface area contributed by atoms with Crippen LogP contribution in [0, 0.1) is 0 Å². The van der Waals surface area contributed by atoms with Gasteiger partial charge >= 0.3 is 0 Å². The van der Waals surface area contributed by atoms with Crippen molar-refractivity contribution in [3.05, 3.63) is 12.2 Å². The second-order valence-electron chi connectivity index (χ2n) is 6.36. The Hall–Kier alpha value is -0.830. The molecule has 0 aromatic carbocycles. The van der Waals surface area contributed by atoms with Crippen molar-refractivity contribution in [1.82, 2.24) is 4.90 Å². The molecule has 0 aromatic rings. The Labute approximate surface area is 138 Å². The van der Waals surface area contributed by atoms with Gasteiger partial charge in [-0.2, -0.15) is 0 Å². The van der Waals surface area contributed by atoms with Crippen LogP contribution in [0.5, 0.6) is 0 Å². The fourth-order valence-corrected chi connectivity index (χ4v) is 3.11. The summed E-state index contributed by atoms with van der Waals surface area (Å²) in [5.41, 5.74) is 5.64. The third-order valence-electron chi connectivity index (χ3n) is 4.44. The van der Waals surface area contributed by atoms with E-state index < -0.39 is 0 Å². The van der Waals surface area contributed by atoms with Crippen LogP contribution in [0.25, 0.3) is 0 Å². The summed E-state index contributed by atoms with van der Waals surface area (Å²) >= 11 is 0. The first-order chi connectivity index (χ1) is 10.9. The van der Waals surface area contributed by atoms with Gasteiger partial charge in [0.1, 0.15) is 0 Å².